The molecule has 1 N–H and O–H groups in total. The second-order valence-corrected chi connectivity index (χ2v) is 5.73. The summed E-state index contributed by atoms with van der Waals surface area (Å²) in [4.78, 5) is 16.5. The van der Waals surface area contributed by atoms with Gasteiger partial charge in [-0.05, 0) is 57.7 Å². The Hall–Kier alpha value is -1.90. The van der Waals surface area contributed by atoms with Gasteiger partial charge in [0, 0.05) is 18.3 Å². The van der Waals surface area contributed by atoms with Crippen LogP contribution in [0, 0.1) is 11.3 Å². The molecule has 1 saturated heterocycles. The Bertz CT molecular complexity index is 518. The van der Waals surface area contributed by atoms with Gasteiger partial charge >= 0.3 is 0 Å². The Morgan fingerprint density at radius 2 is 2.14 bits per heavy atom. The first kappa shape index (κ1) is 15.5. The van der Waals surface area contributed by atoms with E-state index in [0.29, 0.717) is 18.2 Å². The maximum atomic E-state index is 12.1. The molecule has 0 bridgehead atoms. The number of hydrogen-bond donors (Lipinski definition) is 1. The molecule has 1 heterocycles. The lowest BCUT2D eigenvalue weighted by Crippen LogP contribution is -2.47. The molecular formula is C16H22N4O. The smallest absolute Gasteiger partial charge is 0.238 e. The largest absolute Gasteiger partial charge is 0.325 e. The van der Waals surface area contributed by atoms with Gasteiger partial charge < -0.3 is 10.2 Å². The zero-order chi connectivity index (χ0) is 15.2. The van der Waals surface area contributed by atoms with Crippen molar-refractivity contribution < 1.29 is 4.79 Å². The van der Waals surface area contributed by atoms with Crippen molar-refractivity contribution in [3.05, 3.63) is 29.8 Å². The SMILES string of the molecule is CN(C)C1CCCN(CC(=O)Nc2ccc(C#N)cc2)C1. The second-order valence-electron chi connectivity index (χ2n) is 5.73. The molecule has 1 aliphatic heterocycles. The van der Waals surface area contributed by atoms with Crippen molar-refractivity contribution in [2.24, 2.45) is 0 Å². The fraction of sp³-hybridized carbons (Fsp3) is 0.500. The van der Waals surface area contributed by atoms with Crippen LogP contribution in [-0.2, 0) is 4.79 Å². The minimum absolute atomic E-state index is 0.000821. The molecular weight excluding hydrogens is 264 g/mol. The number of hydrogen-bond acceptors (Lipinski definition) is 4. The van der Waals surface area contributed by atoms with Gasteiger partial charge in [0.25, 0.3) is 0 Å². The Labute approximate surface area is 126 Å². The first-order chi connectivity index (χ1) is 10.1. The number of nitrogens with zero attached hydrogens (tertiary/aromatic N) is 3. The number of likely N-dealkylation sites (N-methyl/N-ethyl adjacent to an activating group) is 1. The number of anilines is 1. The highest BCUT2D eigenvalue weighted by Crippen LogP contribution is 2.14. The number of benzene rings is 1. The van der Waals surface area contributed by atoms with Gasteiger partial charge in [-0.15, -0.1) is 0 Å². The Kier molecular flexibility index (Phi) is 5.32. The molecule has 21 heavy (non-hydrogen) atoms. The van der Waals surface area contributed by atoms with Crippen LogP contribution in [0.15, 0.2) is 24.3 Å². The lowest BCUT2D eigenvalue weighted by molar-refractivity contribution is -0.117. The number of nitrogens with one attached hydrogen (secondary N) is 1. The maximum absolute atomic E-state index is 12.1. The van der Waals surface area contributed by atoms with E-state index in [2.05, 4.69) is 35.3 Å². The fourth-order valence-electron chi connectivity index (χ4n) is 2.63. The van der Waals surface area contributed by atoms with Gasteiger partial charge in [0.15, 0.2) is 0 Å². The molecule has 0 aliphatic carbocycles. The van der Waals surface area contributed by atoms with E-state index in [1.807, 2.05) is 0 Å². The molecule has 5 heteroatoms. The highest BCUT2D eigenvalue weighted by molar-refractivity contribution is 5.92. The fourth-order valence-corrected chi connectivity index (χ4v) is 2.63. The zero-order valence-corrected chi connectivity index (χ0v) is 12.7. The lowest BCUT2D eigenvalue weighted by atomic mass is 10.1. The summed E-state index contributed by atoms with van der Waals surface area (Å²) in [7, 11) is 4.18. The van der Waals surface area contributed by atoms with Crippen LogP contribution in [0.1, 0.15) is 18.4 Å². The van der Waals surface area contributed by atoms with Gasteiger partial charge in [-0.2, -0.15) is 5.26 Å². The summed E-state index contributed by atoms with van der Waals surface area (Å²) in [5.74, 6) is -0.000821. The average Bonchev–Trinajstić information content (AvgIpc) is 2.48. The predicted molar refractivity (Wildman–Crippen MR) is 82.9 cm³/mol. The van der Waals surface area contributed by atoms with E-state index in [4.69, 9.17) is 5.26 Å². The standard InChI is InChI=1S/C16H22N4O/c1-19(2)15-4-3-9-20(11-15)12-16(21)18-14-7-5-13(10-17)6-8-14/h5-8,15H,3-4,9,11-12H2,1-2H3,(H,18,21). The quantitative estimate of drug-likeness (QED) is 0.912. The molecule has 5 nitrogen and oxygen atoms in total. The van der Waals surface area contributed by atoms with Crippen molar-refractivity contribution >= 4 is 11.6 Å². The third kappa shape index (κ3) is 4.55. The van der Waals surface area contributed by atoms with Crippen LogP contribution < -0.4 is 5.32 Å². The highest BCUT2D eigenvalue weighted by atomic mass is 16.2. The van der Waals surface area contributed by atoms with Crippen molar-refractivity contribution in [1.29, 1.82) is 5.26 Å². The van der Waals surface area contributed by atoms with Gasteiger partial charge in [0.1, 0.15) is 0 Å². The van der Waals surface area contributed by atoms with Crippen molar-refractivity contribution in [2.45, 2.75) is 18.9 Å². The van der Waals surface area contributed by atoms with Crippen molar-refractivity contribution in [1.82, 2.24) is 9.80 Å². The maximum Gasteiger partial charge on any atom is 0.238 e. The van der Waals surface area contributed by atoms with Crippen LogP contribution in [-0.4, -0.2) is 55.5 Å². The van der Waals surface area contributed by atoms with Crippen molar-refractivity contribution in [2.75, 3.05) is 39.0 Å². The minimum Gasteiger partial charge on any atom is -0.325 e. The molecule has 0 spiro atoms. The molecule has 112 valence electrons. The Morgan fingerprint density at radius 3 is 2.76 bits per heavy atom. The lowest BCUT2D eigenvalue weighted by Gasteiger charge is -2.35. The molecule has 1 fully saturated rings. The van der Waals surface area contributed by atoms with E-state index < -0.39 is 0 Å². The Morgan fingerprint density at radius 1 is 1.43 bits per heavy atom. The molecule has 0 radical (unpaired) electrons. The molecule has 2 rings (SSSR count). The molecule has 1 aliphatic rings. The summed E-state index contributed by atoms with van der Waals surface area (Å²) < 4.78 is 0. The molecule has 0 saturated carbocycles. The van der Waals surface area contributed by atoms with E-state index in [0.717, 1.165) is 25.2 Å². The van der Waals surface area contributed by atoms with E-state index in [-0.39, 0.29) is 5.91 Å². The van der Waals surface area contributed by atoms with Crippen molar-refractivity contribution in [3.63, 3.8) is 0 Å². The first-order valence-corrected chi connectivity index (χ1v) is 7.27. The molecule has 1 aromatic rings. The number of carbonyl (C=O) groups is 1. The number of likely N-dealkylation sites (tertiary alicyclic amines) is 1. The topological polar surface area (TPSA) is 59.4 Å². The van der Waals surface area contributed by atoms with E-state index >= 15 is 0 Å². The van der Waals surface area contributed by atoms with E-state index in [1.54, 1.807) is 24.3 Å². The van der Waals surface area contributed by atoms with Crippen LogP contribution >= 0.6 is 0 Å². The monoisotopic (exact) mass is 286 g/mol. The molecule has 1 atom stereocenters. The van der Waals surface area contributed by atoms with Gasteiger partial charge in [-0.3, -0.25) is 9.69 Å². The van der Waals surface area contributed by atoms with Crippen LogP contribution in [0.3, 0.4) is 0 Å². The highest BCUT2D eigenvalue weighted by Gasteiger charge is 2.22. The third-order valence-electron chi connectivity index (χ3n) is 3.88. The number of nitriles is 1. The number of piperidine rings is 1. The second kappa shape index (κ2) is 7.21. The van der Waals surface area contributed by atoms with E-state index in [1.165, 1.54) is 6.42 Å². The van der Waals surface area contributed by atoms with Crippen molar-refractivity contribution in [3.8, 4) is 6.07 Å². The minimum atomic E-state index is -0.000821. The summed E-state index contributed by atoms with van der Waals surface area (Å²) in [6.07, 6.45) is 2.33. The molecule has 0 aromatic heterocycles. The average molecular weight is 286 g/mol. The van der Waals surface area contributed by atoms with E-state index in [9.17, 15) is 4.79 Å². The molecule has 1 unspecified atom stereocenters. The van der Waals surface area contributed by atoms with Gasteiger partial charge in [0.2, 0.25) is 5.91 Å². The normalized spacial score (nSPS) is 19.2. The zero-order valence-electron chi connectivity index (χ0n) is 12.7. The van der Waals surface area contributed by atoms with Crippen LogP contribution in [0.2, 0.25) is 0 Å². The Balaban J connectivity index is 1.85. The van der Waals surface area contributed by atoms with Crippen LogP contribution in [0.25, 0.3) is 0 Å². The summed E-state index contributed by atoms with van der Waals surface area (Å²) in [6, 6.07) is 9.52. The summed E-state index contributed by atoms with van der Waals surface area (Å²) in [6.45, 7) is 2.34. The third-order valence-corrected chi connectivity index (χ3v) is 3.88. The molecule has 1 amide bonds. The number of rotatable bonds is 4. The van der Waals surface area contributed by atoms with Gasteiger partial charge in [-0.25, -0.2) is 0 Å². The molecule has 1 aromatic carbocycles. The van der Waals surface area contributed by atoms with Crippen LogP contribution in [0.4, 0.5) is 5.69 Å². The summed E-state index contributed by atoms with van der Waals surface area (Å²) >= 11 is 0. The first-order valence-electron chi connectivity index (χ1n) is 7.27. The predicted octanol–water partition coefficient (Wildman–Crippen LogP) is 1.52. The number of amides is 1. The van der Waals surface area contributed by atoms with Crippen LogP contribution in [0.5, 0.6) is 0 Å². The van der Waals surface area contributed by atoms with Gasteiger partial charge in [-0.1, -0.05) is 0 Å². The van der Waals surface area contributed by atoms with Gasteiger partial charge in [0.05, 0.1) is 18.2 Å². The number of carbonyl (C=O) groups excluding carboxylic acids is 1. The summed E-state index contributed by atoms with van der Waals surface area (Å²) in [5, 5.41) is 11.6. The summed E-state index contributed by atoms with van der Waals surface area (Å²) in [5.41, 5.74) is 1.33.